The van der Waals surface area contributed by atoms with Crippen LogP contribution in [0.5, 0.6) is 0 Å². The van der Waals surface area contributed by atoms with E-state index in [-0.39, 0.29) is 12.1 Å². The van der Waals surface area contributed by atoms with Gasteiger partial charge in [0.2, 0.25) is 0 Å². The molecule has 1 fully saturated rings. The van der Waals surface area contributed by atoms with Crippen LogP contribution in [0.2, 0.25) is 0 Å². The molecule has 0 heterocycles. The third-order valence-electron chi connectivity index (χ3n) is 5.00. The Morgan fingerprint density at radius 3 is 2.22 bits per heavy atom. The molecule has 3 atom stereocenters. The summed E-state index contributed by atoms with van der Waals surface area (Å²) in [4.78, 5) is 23.7. The molecule has 0 radical (unpaired) electrons. The first-order valence-electron chi connectivity index (χ1n) is 9.53. The SMILES string of the molecule is CCCCCCCCC(CC)OC(=O)C1CCCCC1C(=O)O. The summed E-state index contributed by atoms with van der Waals surface area (Å²) in [6.07, 6.45) is 12.1. The van der Waals surface area contributed by atoms with Gasteiger partial charge in [0, 0.05) is 0 Å². The van der Waals surface area contributed by atoms with Gasteiger partial charge in [0.15, 0.2) is 0 Å². The van der Waals surface area contributed by atoms with E-state index >= 15 is 0 Å². The molecular weight excluding hydrogens is 292 g/mol. The van der Waals surface area contributed by atoms with Gasteiger partial charge in [-0.1, -0.05) is 58.8 Å². The van der Waals surface area contributed by atoms with Gasteiger partial charge in [-0.15, -0.1) is 0 Å². The van der Waals surface area contributed by atoms with Crippen molar-refractivity contribution in [1.29, 1.82) is 0 Å². The Hall–Kier alpha value is -1.06. The smallest absolute Gasteiger partial charge is 0.310 e. The van der Waals surface area contributed by atoms with E-state index in [0.29, 0.717) is 12.8 Å². The molecule has 4 heteroatoms. The first-order chi connectivity index (χ1) is 11.1. The predicted octanol–water partition coefficient (Wildman–Crippen LogP) is 4.95. The first-order valence-corrected chi connectivity index (χ1v) is 9.53. The van der Waals surface area contributed by atoms with Crippen molar-refractivity contribution in [1.82, 2.24) is 0 Å². The van der Waals surface area contributed by atoms with E-state index in [2.05, 4.69) is 6.92 Å². The second-order valence-corrected chi connectivity index (χ2v) is 6.86. The summed E-state index contributed by atoms with van der Waals surface area (Å²) in [5.41, 5.74) is 0. The van der Waals surface area contributed by atoms with Crippen molar-refractivity contribution >= 4 is 11.9 Å². The summed E-state index contributed by atoms with van der Waals surface area (Å²) in [5.74, 6) is -2.13. The standard InChI is InChI=1S/C19H34O4/c1-3-5-6-7-8-9-12-15(4-2)23-19(22)17-14-11-10-13-16(17)18(20)21/h15-17H,3-14H2,1-2H3,(H,20,21). The van der Waals surface area contributed by atoms with Crippen LogP contribution in [0.15, 0.2) is 0 Å². The van der Waals surface area contributed by atoms with Crippen molar-refractivity contribution in [3.05, 3.63) is 0 Å². The van der Waals surface area contributed by atoms with Gasteiger partial charge in [0.05, 0.1) is 11.8 Å². The number of unbranched alkanes of at least 4 members (excludes halogenated alkanes) is 5. The highest BCUT2D eigenvalue weighted by Crippen LogP contribution is 2.32. The van der Waals surface area contributed by atoms with Crippen LogP contribution in [0.1, 0.15) is 90.9 Å². The highest BCUT2D eigenvalue weighted by Gasteiger charge is 2.37. The molecule has 1 N–H and O–H groups in total. The average Bonchev–Trinajstić information content (AvgIpc) is 2.56. The lowest BCUT2D eigenvalue weighted by atomic mass is 9.79. The summed E-state index contributed by atoms with van der Waals surface area (Å²) in [5, 5.41) is 9.29. The summed E-state index contributed by atoms with van der Waals surface area (Å²) in [6, 6.07) is 0. The van der Waals surface area contributed by atoms with Crippen LogP contribution in [0.4, 0.5) is 0 Å². The van der Waals surface area contributed by atoms with Crippen molar-refractivity contribution in [2.45, 2.75) is 97.0 Å². The molecule has 0 aromatic heterocycles. The van der Waals surface area contributed by atoms with Gasteiger partial charge in [0.1, 0.15) is 6.10 Å². The molecule has 0 saturated heterocycles. The molecule has 1 saturated carbocycles. The first kappa shape index (κ1) is 20.0. The lowest BCUT2D eigenvalue weighted by molar-refractivity contribution is -0.164. The maximum Gasteiger partial charge on any atom is 0.310 e. The molecule has 0 aliphatic heterocycles. The zero-order valence-electron chi connectivity index (χ0n) is 14.9. The van der Waals surface area contributed by atoms with Crippen molar-refractivity contribution in [3.63, 3.8) is 0 Å². The second-order valence-electron chi connectivity index (χ2n) is 6.86. The van der Waals surface area contributed by atoms with E-state index in [0.717, 1.165) is 32.1 Å². The lowest BCUT2D eigenvalue weighted by Gasteiger charge is -2.28. The third-order valence-corrected chi connectivity index (χ3v) is 5.00. The molecule has 1 rings (SSSR count). The highest BCUT2D eigenvalue weighted by molar-refractivity contribution is 5.81. The fraction of sp³-hybridized carbons (Fsp3) is 0.895. The predicted molar refractivity (Wildman–Crippen MR) is 91.2 cm³/mol. The Bertz CT molecular complexity index is 353. The van der Waals surface area contributed by atoms with Crippen molar-refractivity contribution < 1.29 is 19.4 Å². The molecule has 134 valence electrons. The fourth-order valence-electron chi connectivity index (χ4n) is 3.46. The summed E-state index contributed by atoms with van der Waals surface area (Å²) in [7, 11) is 0. The van der Waals surface area contributed by atoms with E-state index < -0.39 is 17.8 Å². The molecule has 0 aromatic carbocycles. The Morgan fingerprint density at radius 1 is 1.00 bits per heavy atom. The zero-order valence-corrected chi connectivity index (χ0v) is 14.9. The summed E-state index contributed by atoms with van der Waals surface area (Å²) >= 11 is 0. The maximum atomic E-state index is 12.4. The number of hydrogen-bond donors (Lipinski definition) is 1. The maximum absolute atomic E-state index is 12.4. The summed E-state index contributed by atoms with van der Waals surface area (Å²) < 4.78 is 5.64. The Kier molecular flexibility index (Phi) is 9.97. The quantitative estimate of drug-likeness (QED) is 0.431. The Balaban J connectivity index is 2.35. The van der Waals surface area contributed by atoms with Crippen molar-refractivity contribution in [3.8, 4) is 0 Å². The lowest BCUT2D eigenvalue weighted by Crippen LogP contribution is -2.35. The number of carboxylic acid groups (broad SMARTS) is 1. The molecule has 0 spiro atoms. The minimum atomic E-state index is -0.851. The molecule has 1 aliphatic rings. The van der Waals surface area contributed by atoms with Gasteiger partial charge < -0.3 is 9.84 Å². The molecule has 0 aromatic rings. The van der Waals surface area contributed by atoms with Crippen LogP contribution >= 0.6 is 0 Å². The normalized spacial score (nSPS) is 22.5. The van der Waals surface area contributed by atoms with Gasteiger partial charge in [-0.3, -0.25) is 9.59 Å². The minimum absolute atomic E-state index is 0.0509. The largest absolute Gasteiger partial charge is 0.481 e. The number of aliphatic carboxylic acids is 1. The van der Waals surface area contributed by atoms with E-state index in [1.54, 1.807) is 0 Å². The van der Waals surface area contributed by atoms with Crippen LogP contribution in [-0.4, -0.2) is 23.1 Å². The van der Waals surface area contributed by atoms with Gasteiger partial charge in [-0.05, 0) is 32.1 Å². The number of carbonyl (C=O) groups excluding carboxylic acids is 1. The molecule has 4 nitrogen and oxygen atoms in total. The van der Waals surface area contributed by atoms with Crippen LogP contribution in [0.3, 0.4) is 0 Å². The van der Waals surface area contributed by atoms with Gasteiger partial charge >= 0.3 is 11.9 Å². The van der Waals surface area contributed by atoms with Gasteiger partial charge in [0.25, 0.3) is 0 Å². The molecule has 23 heavy (non-hydrogen) atoms. The molecule has 0 amide bonds. The monoisotopic (exact) mass is 326 g/mol. The van der Waals surface area contributed by atoms with Crippen molar-refractivity contribution in [2.75, 3.05) is 0 Å². The molecule has 0 bridgehead atoms. The van der Waals surface area contributed by atoms with E-state index in [9.17, 15) is 14.7 Å². The molecule has 3 unspecified atom stereocenters. The van der Waals surface area contributed by atoms with E-state index in [1.807, 2.05) is 6.92 Å². The van der Waals surface area contributed by atoms with Crippen LogP contribution < -0.4 is 0 Å². The molecule has 1 aliphatic carbocycles. The van der Waals surface area contributed by atoms with Crippen LogP contribution in [0.25, 0.3) is 0 Å². The van der Waals surface area contributed by atoms with E-state index in [1.165, 1.54) is 32.1 Å². The Morgan fingerprint density at radius 2 is 1.61 bits per heavy atom. The van der Waals surface area contributed by atoms with Gasteiger partial charge in [-0.2, -0.15) is 0 Å². The number of carbonyl (C=O) groups is 2. The third kappa shape index (κ3) is 7.36. The number of carboxylic acids is 1. The van der Waals surface area contributed by atoms with E-state index in [4.69, 9.17) is 4.74 Å². The molecular formula is C19H34O4. The number of rotatable bonds is 11. The van der Waals surface area contributed by atoms with Crippen molar-refractivity contribution in [2.24, 2.45) is 11.8 Å². The average molecular weight is 326 g/mol. The Labute approximate surface area is 141 Å². The van der Waals surface area contributed by atoms with Crippen LogP contribution in [-0.2, 0) is 14.3 Å². The number of hydrogen-bond acceptors (Lipinski definition) is 3. The fourth-order valence-corrected chi connectivity index (χ4v) is 3.46. The van der Waals surface area contributed by atoms with Crippen LogP contribution in [0, 0.1) is 11.8 Å². The number of ether oxygens (including phenoxy) is 1. The minimum Gasteiger partial charge on any atom is -0.481 e. The summed E-state index contributed by atoms with van der Waals surface area (Å²) in [6.45, 7) is 4.24. The van der Waals surface area contributed by atoms with Gasteiger partial charge in [-0.25, -0.2) is 0 Å². The highest BCUT2D eigenvalue weighted by atomic mass is 16.5. The zero-order chi connectivity index (χ0) is 17.1. The topological polar surface area (TPSA) is 63.6 Å². The second kappa shape index (κ2) is 11.5. The number of esters is 1.